The summed E-state index contributed by atoms with van der Waals surface area (Å²) in [6.45, 7) is 3.27. The number of nitrogens with zero attached hydrogens (tertiary/aromatic N) is 2. The highest BCUT2D eigenvalue weighted by Gasteiger charge is 2.29. The lowest BCUT2D eigenvalue weighted by Gasteiger charge is -2.42. The predicted octanol–water partition coefficient (Wildman–Crippen LogP) is 1.96. The van der Waals surface area contributed by atoms with Gasteiger partial charge in [-0.15, -0.1) is 0 Å². The monoisotopic (exact) mass is 343 g/mol. The van der Waals surface area contributed by atoms with Crippen LogP contribution in [0, 0.1) is 5.82 Å². The van der Waals surface area contributed by atoms with Gasteiger partial charge >= 0.3 is 0 Å². The molecule has 1 aromatic rings. The maximum Gasteiger partial charge on any atom is 0.137 e. The topological polar surface area (TPSA) is 18.5 Å². The summed E-state index contributed by atoms with van der Waals surface area (Å²) in [5, 5.41) is 3.43. The molecule has 5 heteroatoms. The van der Waals surface area contributed by atoms with Crippen molar-refractivity contribution >= 4 is 15.9 Å². The lowest BCUT2D eigenvalue weighted by molar-refractivity contribution is 0.0897. The van der Waals surface area contributed by atoms with Gasteiger partial charge in [0, 0.05) is 31.7 Å². The fourth-order valence-electron chi connectivity index (χ4n) is 2.83. The molecule has 1 aromatic carbocycles. The summed E-state index contributed by atoms with van der Waals surface area (Å²) in [6, 6.07) is 6.12. The summed E-state index contributed by atoms with van der Waals surface area (Å²) in [5.74, 6) is -0.204. The van der Waals surface area contributed by atoms with Crippen LogP contribution < -0.4 is 5.32 Å². The molecule has 0 bridgehead atoms. The van der Waals surface area contributed by atoms with Gasteiger partial charge in [-0.25, -0.2) is 4.39 Å². The third kappa shape index (κ3) is 3.79. The standard InChI is InChI=1S/C15H23BrFN3/c1-18-14(15-10-19(2)6-7-20(15)3)9-11-4-5-13(17)12(16)8-11/h4-5,8,14-15,18H,6-7,9-10H2,1-3H3. The van der Waals surface area contributed by atoms with E-state index in [9.17, 15) is 4.39 Å². The van der Waals surface area contributed by atoms with Gasteiger partial charge in [0.1, 0.15) is 5.82 Å². The third-order valence-corrected chi connectivity index (χ3v) is 4.78. The van der Waals surface area contributed by atoms with Gasteiger partial charge in [-0.05, 0) is 61.2 Å². The molecular weight excluding hydrogens is 321 g/mol. The Morgan fingerprint density at radius 2 is 2.15 bits per heavy atom. The van der Waals surface area contributed by atoms with E-state index in [-0.39, 0.29) is 5.82 Å². The second-order valence-corrected chi connectivity index (χ2v) is 6.51. The number of nitrogens with one attached hydrogen (secondary N) is 1. The van der Waals surface area contributed by atoms with Gasteiger partial charge < -0.3 is 10.2 Å². The van der Waals surface area contributed by atoms with Crippen molar-refractivity contribution in [1.29, 1.82) is 0 Å². The van der Waals surface area contributed by atoms with E-state index in [0.29, 0.717) is 16.6 Å². The molecule has 2 unspecified atom stereocenters. The summed E-state index contributed by atoms with van der Waals surface area (Å²) in [6.07, 6.45) is 0.901. The molecule has 0 aromatic heterocycles. The molecule has 1 heterocycles. The predicted molar refractivity (Wildman–Crippen MR) is 84.6 cm³/mol. The van der Waals surface area contributed by atoms with E-state index in [1.807, 2.05) is 19.2 Å². The number of hydrogen-bond acceptors (Lipinski definition) is 3. The summed E-state index contributed by atoms with van der Waals surface area (Å²) in [5.41, 5.74) is 1.15. The van der Waals surface area contributed by atoms with Gasteiger partial charge in [-0.1, -0.05) is 6.07 Å². The molecule has 1 saturated heterocycles. The van der Waals surface area contributed by atoms with Crippen LogP contribution in [0.1, 0.15) is 5.56 Å². The lowest BCUT2D eigenvalue weighted by atomic mass is 9.96. The van der Waals surface area contributed by atoms with Crippen molar-refractivity contribution in [3.8, 4) is 0 Å². The first-order chi connectivity index (χ1) is 9.51. The second-order valence-electron chi connectivity index (χ2n) is 5.66. The van der Waals surface area contributed by atoms with Crippen molar-refractivity contribution in [2.24, 2.45) is 0 Å². The molecule has 0 saturated carbocycles. The Balaban J connectivity index is 2.09. The molecule has 1 aliphatic heterocycles. The number of piperazine rings is 1. The van der Waals surface area contributed by atoms with Crippen molar-refractivity contribution < 1.29 is 4.39 Å². The Morgan fingerprint density at radius 1 is 1.40 bits per heavy atom. The SMILES string of the molecule is CNC(Cc1ccc(F)c(Br)c1)C1CN(C)CCN1C. The highest BCUT2D eigenvalue weighted by Crippen LogP contribution is 2.20. The minimum absolute atomic E-state index is 0.204. The van der Waals surface area contributed by atoms with Crippen LogP contribution in [0.25, 0.3) is 0 Å². The Bertz CT molecular complexity index is 455. The maximum absolute atomic E-state index is 13.3. The Morgan fingerprint density at radius 3 is 2.80 bits per heavy atom. The van der Waals surface area contributed by atoms with Crippen LogP contribution >= 0.6 is 15.9 Å². The minimum atomic E-state index is -0.204. The smallest absolute Gasteiger partial charge is 0.137 e. The first kappa shape index (κ1) is 15.9. The van der Waals surface area contributed by atoms with Gasteiger partial charge in [0.2, 0.25) is 0 Å². The molecule has 1 fully saturated rings. The van der Waals surface area contributed by atoms with Crippen molar-refractivity contribution in [1.82, 2.24) is 15.1 Å². The van der Waals surface area contributed by atoms with Crippen molar-refractivity contribution in [3.63, 3.8) is 0 Å². The van der Waals surface area contributed by atoms with E-state index in [0.717, 1.165) is 31.6 Å². The number of halogens is 2. The van der Waals surface area contributed by atoms with Crippen molar-refractivity contribution in [2.45, 2.75) is 18.5 Å². The first-order valence-electron chi connectivity index (χ1n) is 7.01. The van der Waals surface area contributed by atoms with Crippen LogP contribution in [-0.4, -0.2) is 62.7 Å². The van der Waals surface area contributed by atoms with Crippen molar-refractivity contribution in [2.75, 3.05) is 40.8 Å². The second kappa shape index (κ2) is 6.98. The Labute approximate surface area is 129 Å². The fraction of sp³-hybridized carbons (Fsp3) is 0.600. The van der Waals surface area contributed by atoms with Crippen LogP contribution in [0.3, 0.4) is 0 Å². The third-order valence-electron chi connectivity index (χ3n) is 4.17. The number of likely N-dealkylation sites (N-methyl/N-ethyl adjacent to an activating group) is 3. The molecule has 0 aliphatic carbocycles. The zero-order valence-electron chi connectivity index (χ0n) is 12.4. The van der Waals surface area contributed by atoms with Crippen LogP contribution in [-0.2, 0) is 6.42 Å². The van der Waals surface area contributed by atoms with Gasteiger partial charge in [0.15, 0.2) is 0 Å². The van der Waals surface area contributed by atoms with Crippen LogP contribution in [0.2, 0.25) is 0 Å². The van der Waals surface area contributed by atoms with Crippen molar-refractivity contribution in [3.05, 3.63) is 34.1 Å². The summed E-state index contributed by atoms with van der Waals surface area (Å²) >= 11 is 3.26. The molecule has 0 radical (unpaired) electrons. The molecule has 1 N–H and O–H groups in total. The molecular formula is C15H23BrFN3. The van der Waals surface area contributed by atoms with E-state index in [1.165, 1.54) is 6.07 Å². The van der Waals surface area contributed by atoms with Crippen LogP contribution in [0.5, 0.6) is 0 Å². The van der Waals surface area contributed by atoms with Gasteiger partial charge in [-0.2, -0.15) is 0 Å². The van der Waals surface area contributed by atoms with Gasteiger partial charge in [0.25, 0.3) is 0 Å². The fourth-order valence-corrected chi connectivity index (χ4v) is 3.26. The molecule has 0 spiro atoms. The molecule has 2 rings (SSSR count). The number of benzene rings is 1. The largest absolute Gasteiger partial charge is 0.315 e. The Hall–Kier alpha value is -0.490. The van der Waals surface area contributed by atoms with Crippen LogP contribution in [0.4, 0.5) is 4.39 Å². The maximum atomic E-state index is 13.3. The molecule has 3 nitrogen and oxygen atoms in total. The minimum Gasteiger partial charge on any atom is -0.315 e. The highest BCUT2D eigenvalue weighted by atomic mass is 79.9. The van der Waals surface area contributed by atoms with E-state index < -0.39 is 0 Å². The highest BCUT2D eigenvalue weighted by molar-refractivity contribution is 9.10. The summed E-state index contributed by atoms with van der Waals surface area (Å²) in [7, 11) is 6.36. The molecule has 1 aliphatic rings. The first-order valence-corrected chi connectivity index (χ1v) is 7.80. The van der Waals surface area contributed by atoms with E-state index in [2.05, 4.69) is 45.1 Å². The zero-order valence-corrected chi connectivity index (χ0v) is 14.0. The van der Waals surface area contributed by atoms with Crippen LogP contribution in [0.15, 0.2) is 22.7 Å². The number of rotatable bonds is 4. The lowest BCUT2D eigenvalue weighted by Crippen LogP contribution is -2.58. The quantitative estimate of drug-likeness (QED) is 0.901. The van der Waals surface area contributed by atoms with E-state index in [4.69, 9.17) is 0 Å². The normalized spacial score (nSPS) is 22.9. The Kier molecular flexibility index (Phi) is 5.55. The molecule has 112 valence electrons. The zero-order chi connectivity index (χ0) is 14.7. The molecule has 0 amide bonds. The molecule has 2 atom stereocenters. The average Bonchev–Trinajstić information content (AvgIpc) is 2.43. The number of hydrogen-bond donors (Lipinski definition) is 1. The molecule has 20 heavy (non-hydrogen) atoms. The van der Waals surface area contributed by atoms with Gasteiger partial charge in [0.05, 0.1) is 4.47 Å². The summed E-state index contributed by atoms with van der Waals surface area (Å²) in [4.78, 5) is 4.79. The summed E-state index contributed by atoms with van der Waals surface area (Å²) < 4.78 is 13.8. The van der Waals surface area contributed by atoms with E-state index in [1.54, 1.807) is 0 Å². The van der Waals surface area contributed by atoms with E-state index >= 15 is 0 Å². The van der Waals surface area contributed by atoms with Gasteiger partial charge in [-0.3, -0.25) is 4.90 Å². The average molecular weight is 344 g/mol.